The first kappa shape index (κ1) is 15.3. The molecule has 2 rings (SSSR count). The van der Waals surface area contributed by atoms with Crippen LogP contribution in [0.3, 0.4) is 0 Å². The molecule has 2 atom stereocenters. The molecule has 1 aliphatic rings. The van der Waals surface area contributed by atoms with Crippen molar-refractivity contribution in [2.75, 3.05) is 32.8 Å². The van der Waals surface area contributed by atoms with Crippen molar-refractivity contribution in [3.8, 4) is 11.8 Å². The average molecular weight is 341 g/mol. The van der Waals surface area contributed by atoms with Crippen LogP contribution < -0.4 is 4.74 Å². The van der Waals surface area contributed by atoms with Crippen molar-refractivity contribution in [1.29, 1.82) is 5.26 Å². The summed E-state index contributed by atoms with van der Waals surface area (Å²) in [7, 11) is 0. The van der Waals surface area contributed by atoms with Gasteiger partial charge in [0, 0.05) is 24.1 Å². The highest BCUT2D eigenvalue weighted by atomic mass is 79.9. The number of ether oxygens (including phenoxy) is 2. The van der Waals surface area contributed by atoms with Gasteiger partial charge in [-0.05, 0) is 24.3 Å². The molecule has 6 heteroatoms. The SMILES string of the molecule is N#CC1CN(CC(O)COc2ccc(Br)cc2)CCO1. The molecular weight excluding hydrogens is 324 g/mol. The summed E-state index contributed by atoms with van der Waals surface area (Å²) in [5.41, 5.74) is 0. The normalized spacial score (nSPS) is 21.1. The number of aliphatic hydroxyl groups is 1. The predicted molar refractivity (Wildman–Crippen MR) is 77.4 cm³/mol. The van der Waals surface area contributed by atoms with Crippen LogP contribution in [-0.4, -0.2) is 55.1 Å². The third-order valence-electron chi connectivity index (χ3n) is 3.02. The molecule has 0 spiro atoms. The number of nitriles is 1. The van der Waals surface area contributed by atoms with Gasteiger partial charge in [-0.2, -0.15) is 5.26 Å². The second kappa shape index (κ2) is 7.60. The summed E-state index contributed by atoms with van der Waals surface area (Å²) in [5, 5.41) is 18.8. The van der Waals surface area contributed by atoms with E-state index in [9.17, 15) is 5.11 Å². The van der Waals surface area contributed by atoms with E-state index in [2.05, 4.69) is 22.0 Å². The van der Waals surface area contributed by atoms with Crippen molar-refractivity contribution in [3.63, 3.8) is 0 Å². The van der Waals surface area contributed by atoms with Gasteiger partial charge >= 0.3 is 0 Å². The summed E-state index contributed by atoms with van der Waals surface area (Å²) in [6.45, 7) is 2.51. The van der Waals surface area contributed by atoms with E-state index in [0.717, 1.165) is 16.8 Å². The number of morpholine rings is 1. The second-order valence-electron chi connectivity index (χ2n) is 4.67. The molecule has 1 N–H and O–H groups in total. The number of hydrogen-bond donors (Lipinski definition) is 1. The van der Waals surface area contributed by atoms with Gasteiger partial charge in [0.15, 0.2) is 6.10 Å². The Kier molecular flexibility index (Phi) is 5.80. The smallest absolute Gasteiger partial charge is 0.156 e. The number of aliphatic hydroxyl groups excluding tert-OH is 1. The van der Waals surface area contributed by atoms with Gasteiger partial charge in [-0.15, -0.1) is 0 Å². The third kappa shape index (κ3) is 4.76. The van der Waals surface area contributed by atoms with E-state index in [1.165, 1.54) is 0 Å². The lowest BCUT2D eigenvalue weighted by Gasteiger charge is -2.31. The van der Waals surface area contributed by atoms with Gasteiger partial charge in [0.25, 0.3) is 0 Å². The van der Waals surface area contributed by atoms with Crippen molar-refractivity contribution in [2.24, 2.45) is 0 Å². The Morgan fingerprint density at radius 3 is 2.95 bits per heavy atom. The van der Waals surface area contributed by atoms with Crippen LogP contribution in [0.1, 0.15) is 0 Å². The zero-order valence-electron chi connectivity index (χ0n) is 11.0. The van der Waals surface area contributed by atoms with Crippen LogP contribution in [-0.2, 0) is 4.74 Å². The fourth-order valence-electron chi connectivity index (χ4n) is 2.02. The second-order valence-corrected chi connectivity index (χ2v) is 5.58. The highest BCUT2D eigenvalue weighted by molar-refractivity contribution is 9.10. The summed E-state index contributed by atoms with van der Waals surface area (Å²) >= 11 is 3.35. The van der Waals surface area contributed by atoms with Gasteiger partial charge in [0.2, 0.25) is 0 Å². The lowest BCUT2D eigenvalue weighted by Crippen LogP contribution is -2.46. The minimum absolute atomic E-state index is 0.232. The maximum absolute atomic E-state index is 9.98. The van der Waals surface area contributed by atoms with Crippen LogP contribution in [0.25, 0.3) is 0 Å². The van der Waals surface area contributed by atoms with E-state index in [0.29, 0.717) is 19.7 Å². The molecule has 0 amide bonds. The minimum Gasteiger partial charge on any atom is -0.491 e. The van der Waals surface area contributed by atoms with Crippen LogP contribution in [0.2, 0.25) is 0 Å². The molecular formula is C14H17BrN2O3. The molecule has 2 unspecified atom stereocenters. The lowest BCUT2D eigenvalue weighted by atomic mass is 10.2. The molecule has 20 heavy (non-hydrogen) atoms. The van der Waals surface area contributed by atoms with E-state index < -0.39 is 12.2 Å². The molecule has 1 aromatic carbocycles. The molecule has 0 radical (unpaired) electrons. The minimum atomic E-state index is -0.587. The number of halogens is 1. The maximum atomic E-state index is 9.98. The van der Waals surface area contributed by atoms with E-state index in [1.54, 1.807) is 0 Å². The van der Waals surface area contributed by atoms with Crippen LogP contribution >= 0.6 is 15.9 Å². The molecule has 1 aromatic rings. The summed E-state index contributed by atoms with van der Waals surface area (Å²) in [4.78, 5) is 2.02. The summed E-state index contributed by atoms with van der Waals surface area (Å²) in [6.07, 6.45) is -0.987. The van der Waals surface area contributed by atoms with E-state index in [4.69, 9.17) is 14.7 Å². The molecule has 5 nitrogen and oxygen atoms in total. The number of benzene rings is 1. The predicted octanol–water partition coefficient (Wildman–Crippen LogP) is 1.41. The third-order valence-corrected chi connectivity index (χ3v) is 3.55. The first-order chi connectivity index (χ1) is 9.67. The Bertz CT molecular complexity index is 460. The Hall–Kier alpha value is -1.13. The fourth-order valence-corrected chi connectivity index (χ4v) is 2.28. The van der Waals surface area contributed by atoms with Crippen molar-refractivity contribution in [2.45, 2.75) is 12.2 Å². The molecule has 108 valence electrons. The first-order valence-corrected chi connectivity index (χ1v) is 7.26. The lowest BCUT2D eigenvalue weighted by molar-refractivity contribution is -0.0215. The average Bonchev–Trinajstić information content (AvgIpc) is 2.47. The highest BCUT2D eigenvalue weighted by Gasteiger charge is 2.22. The molecule has 0 saturated carbocycles. The molecule has 1 fully saturated rings. The van der Waals surface area contributed by atoms with Crippen molar-refractivity contribution in [1.82, 2.24) is 4.90 Å². The van der Waals surface area contributed by atoms with Gasteiger partial charge in [0.05, 0.1) is 12.7 Å². The zero-order valence-corrected chi connectivity index (χ0v) is 12.6. The molecule has 0 aromatic heterocycles. The number of rotatable bonds is 5. The maximum Gasteiger partial charge on any atom is 0.156 e. The molecule has 0 aliphatic carbocycles. The molecule has 1 saturated heterocycles. The van der Waals surface area contributed by atoms with Crippen LogP contribution in [0.15, 0.2) is 28.7 Å². The summed E-state index contributed by atoms with van der Waals surface area (Å²) < 4.78 is 11.8. The topological polar surface area (TPSA) is 65.7 Å². The summed E-state index contributed by atoms with van der Waals surface area (Å²) in [6, 6.07) is 9.56. The van der Waals surface area contributed by atoms with E-state index >= 15 is 0 Å². The van der Waals surface area contributed by atoms with Gasteiger partial charge in [-0.3, -0.25) is 4.90 Å². The zero-order chi connectivity index (χ0) is 14.4. The summed E-state index contributed by atoms with van der Waals surface area (Å²) in [5.74, 6) is 0.726. The standard InChI is InChI=1S/C14H17BrN2O3/c15-11-1-3-13(4-2-11)20-10-12(18)8-17-5-6-19-14(7-16)9-17/h1-4,12,14,18H,5-6,8-10H2. The Labute approximate surface area is 126 Å². The molecule has 1 aliphatic heterocycles. The first-order valence-electron chi connectivity index (χ1n) is 6.47. The van der Waals surface area contributed by atoms with Gasteiger partial charge in [-0.25, -0.2) is 0 Å². The number of β-amino-alcohol motifs (C(OH)–C–C–N with tert-alkyl or cyclic N) is 1. The Morgan fingerprint density at radius 2 is 2.25 bits per heavy atom. The van der Waals surface area contributed by atoms with Gasteiger partial charge in [0.1, 0.15) is 18.5 Å². The van der Waals surface area contributed by atoms with E-state index in [-0.39, 0.29) is 6.61 Å². The quantitative estimate of drug-likeness (QED) is 0.877. The monoisotopic (exact) mass is 340 g/mol. The Balaban J connectivity index is 1.73. The van der Waals surface area contributed by atoms with Crippen LogP contribution in [0.4, 0.5) is 0 Å². The van der Waals surface area contributed by atoms with E-state index in [1.807, 2.05) is 29.2 Å². The van der Waals surface area contributed by atoms with Crippen LogP contribution in [0.5, 0.6) is 5.75 Å². The largest absolute Gasteiger partial charge is 0.491 e. The number of hydrogen-bond acceptors (Lipinski definition) is 5. The van der Waals surface area contributed by atoms with Crippen molar-refractivity contribution in [3.05, 3.63) is 28.7 Å². The number of nitrogens with zero attached hydrogens (tertiary/aromatic N) is 2. The molecule has 1 heterocycles. The van der Waals surface area contributed by atoms with Gasteiger partial charge < -0.3 is 14.6 Å². The van der Waals surface area contributed by atoms with Crippen molar-refractivity contribution < 1.29 is 14.6 Å². The highest BCUT2D eigenvalue weighted by Crippen LogP contribution is 2.16. The fraction of sp³-hybridized carbons (Fsp3) is 0.500. The van der Waals surface area contributed by atoms with Crippen LogP contribution in [0, 0.1) is 11.3 Å². The molecule has 0 bridgehead atoms. The van der Waals surface area contributed by atoms with Crippen molar-refractivity contribution >= 4 is 15.9 Å². The van der Waals surface area contributed by atoms with Gasteiger partial charge in [-0.1, -0.05) is 15.9 Å². The Morgan fingerprint density at radius 1 is 1.50 bits per heavy atom.